The Morgan fingerprint density at radius 2 is 0.893 bits per heavy atom. The summed E-state index contributed by atoms with van der Waals surface area (Å²) in [4.78, 5) is 68.0. The van der Waals surface area contributed by atoms with Gasteiger partial charge in [-0.3, -0.25) is 19.1 Å². The third kappa shape index (κ3) is 23.9. The van der Waals surface area contributed by atoms with Gasteiger partial charge in [-0.05, 0) is 184 Å². The van der Waals surface area contributed by atoms with E-state index >= 15 is 4.39 Å². The van der Waals surface area contributed by atoms with Gasteiger partial charge >= 0.3 is 18.5 Å². The number of benzene rings is 6. The van der Waals surface area contributed by atoms with Gasteiger partial charge in [0.25, 0.3) is 17.7 Å². The van der Waals surface area contributed by atoms with Crippen molar-refractivity contribution in [2.24, 2.45) is 0 Å². The van der Waals surface area contributed by atoms with E-state index in [1.54, 1.807) is 61.5 Å². The minimum Gasteiger partial charge on any atom is -0.495 e. The highest BCUT2D eigenvalue weighted by Gasteiger charge is 2.40. The van der Waals surface area contributed by atoms with Crippen LogP contribution in [0.2, 0.25) is 0 Å². The van der Waals surface area contributed by atoms with Gasteiger partial charge in [-0.25, -0.2) is 27.8 Å². The Bertz CT molecular complexity index is 5530. The van der Waals surface area contributed by atoms with Crippen molar-refractivity contribution in [2.75, 3.05) is 109 Å². The van der Waals surface area contributed by atoms with Gasteiger partial charge in [-0.15, -0.1) is 0 Å². The van der Waals surface area contributed by atoms with Crippen LogP contribution >= 0.6 is 0 Å². The van der Waals surface area contributed by atoms with E-state index in [-0.39, 0.29) is 110 Å². The van der Waals surface area contributed by atoms with Crippen molar-refractivity contribution in [1.29, 1.82) is 5.26 Å². The van der Waals surface area contributed by atoms with Gasteiger partial charge in [-0.1, -0.05) is 41.6 Å². The topological polar surface area (TPSA) is 362 Å². The predicted octanol–water partition coefficient (Wildman–Crippen LogP) is 14.9. The molecule has 3 amide bonds. The van der Waals surface area contributed by atoms with Crippen LogP contribution in [0, 0.1) is 24.1 Å². The van der Waals surface area contributed by atoms with Crippen LogP contribution in [0.5, 0.6) is 52.1 Å². The fraction of sp³-hybridized carbons (Fsp3) is 0.321. The van der Waals surface area contributed by atoms with Crippen LogP contribution in [-0.4, -0.2) is 182 Å². The Kier molecular flexibility index (Phi) is 28.9. The highest BCUT2D eigenvalue weighted by atomic mass is 32.2. The van der Waals surface area contributed by atoms with Gasteiger partial charge in [0.1, 0.15) is 69.3 Å². The van der Waals surface area contributed by atoms with Gasteiger partial charge in [0.2, 0.25) is 45.5 Å². The van der Waals surface area contributed by atoms with E-state index < -0.39 is 74.6 Å². The Labute approximate surface area is 692 Å². The molecule has 0 atom stereocenters. The zero-order valence-corrected chi connectivity index (χ0v) is 67.4. The zero-order valence-electron chi connectivity index (χ0n) is 66.6. The first-order chi connectivity index (χ1) is 58.0. The second-order valence-corrected chi connectivity index (χ2v) is 30.0. The number of piperidine rings is 3. The number of carbonyl (C=O) groups is 3. The molecule has 0 radical (unpaired) electrons. The van der Waals surface area contributed by atoms with E-state index in [4.69, 9.17) is 32.9 Å². The first-order valence-electron chi connectivity index (χ1n) is 37.5. The molecule has 10 aromatic rings. The number of amides is 3. The molecule has 0 aliphatic carbocycles. The van der Waals surface area contributed by atoms with E-state index in [9.17, 15) is 67.6 Å². The Morgan fingerprint density at radius 3 is 1.32 bits per heavy atom. The van der Waals surface area contributed by atoms with Crippen molar-refractivity contribution in [2.45, 2.75) is 82.1 Å². The number of hydrogen-bond acceptors (Lipinski definition) is 26. The summed E-state index contributed by atoms with van der Waals surface area (Å²) in [5.74, 6) is -4.91. The van der Waals surface area contributed by atoms with Crippen molar-refractivity contribution < 1.29 is 99.6 Å². The molecule has 0 spiro atoms. The van der Waals surface area contributed by atoms with Crippen molar-refractivity contribution >= 4 is 68.3 Å². The molecule has 7 N–H and O–H groups in total. The Morgan fingerprint density at radius 1 is 0.492 bits per heavy atom. The van der Waals surface area contributed by atoms with Crippen molar-refractivity contribution in [3.05, 3.63) is 197 Å². The minimum atomic E-state index is -4.87. The number of aryl methyl sites for hydroxylation is 1. The predicted molar refractivity (Wildman–Crippen MR) is 427 cm³/mol. The molecule has 3 fully saturated rings. The number of hydrogen-bond donors (Lipinski definition) is 7. The Hall–Kier alpha value is -13.2. The lowest BCUT2D eigenvalue weighted by Gasteiger charge is -2.29. The highest BCUT2D eigenvalue weighted by Crippen LogP contribution is 2.44. The molecule has 0 unspecified atom stereocenters. The van der Waals surface area contributed by atoms with Crippen LogP contribution in [-0.2, 0) is 28.6 Å². The smallest absolute Gasteiger partial charge is 0.423 e. The van der Waals surface area contributed by atoms with E-state index in [0.29, 0.717) is 52.2 Å². The molecule has 41 heteroatoms. The number of alkyl halides is 9. The number of para-hydroxylation sites is 3. The summed E-state index contributed by atoms with van der Waals surface area (Å²) in [6, 6.07) is 31.4. The summed E-state index contributed by atoms with van der Waals surface area (Å²) in [5, 5.41) is 30.4. The lowest BCUT2D eigenvalue weighted by Crippen LogP contribution is -2.43. The first-order valence-corrected chi connectivity index (χ1v) is 39.4. The van der Waals surface area contributed by atoms with E-state index in [2.05, 4.69) is 86.4 Å². The van der Waals surface area contributed by atoms with Gasteiger partial charge < -0.3 is 79.5 Å². The van der Waals surface area contributed by atoms with E-state index in [0.717, 1.165) is 90.1 Å². The standard InChI is InChI=1S/C28H27F3N6O4.C27H26F4N6O3.C26H29F3N6O5S/c1-37-12-9-18(10-13-37)33-25(38)17-7-8-22(24(15-17)39-2)34-27-32-16-20(28(29,30)31)26(35-27)41-23-6-4-3-5-19(23)21-11-14-40-36-21;1-15-5-4-6-22(18(15)13-32)40-25-19(27(29,30)31)14-33-26(36-25)35-21-12-20(28)17(11-23(21)39-3)24(38)34-16-7-9-37(2)10-8-16;1-35-12-10-17(11-13-35)31-23(36)16-8-9-19(22(14-16)39-2)32-25-30-15-18(26(27,28)29)24(33-25)40-21-7-5-4-6-20(21)34-41(3,37)38/h3-8,11,14-16,18H,9-10,12-13H2,1-2H3,(H,33,38)(H,32,34,35);4-6,11-12,14,16H,7-10H2,1-3H3,(H,34,38)(H,33,35,36);4-9,14-15,17,34H,10-13H2,1-3H3,(H,31,36)(H,30,32,33). The number of rotatable bonds is 24. The fourth-order valence-electron chi connectivity index (χ4n) is 12.7. The van der Waals surface area contributed by atoms with Crippen molar-refractivity contribution in [3.8, 4) is 69.5 Å². The fourth-order valence-corrected chi connectivity index (χ4v) is 13.3. The summed E-state index contributed by atoms with van der Waals surface area (Å²) in [5.41, 5.74) is -1.37. The van der Waals surface area contributed by atoms with Crippen LogP contribution in [0.4, 0.5) is 84.5 Å². The van der Waals surface area contributed by atoms with Crippen molar-refractivity contribution in [1.82, 2.24) is 65.7 Å². The Balaban J connectivity index is 0.000000179. The molecule has 3 saturated heterocycles. The molecule has 7 heterocycles. The number of halogens is 10. The SMILES string of the molecule is COc1cc(C(=O)NC2CCN(C)CC2)c(F)cc1Nc1ncc(C(F)(F)F)c(Oc2cccc(C)c2C#N)n1.COc1cc(C(=O)NC2CCN(C)CC2)ccc1Nc1ncc(C(F)(F)F)c(Oc2ccccc2-c2ccon2)n1.COc1cc(C(=O)NC2CCN(C)CC2)ccc1Nc1ncc(C(F)(F)F)c(Oc2ccccc2NS(C)(=O)=O)n1. The summed E-state index contributed by atoms with van der Waals surface area (Å²) in [7, 11) is 6.40. The molecule has 6 aromatic carbocycles. The van der Waals surface area contributed by atoms with Crippen LogP contribution in [0.3, 0.4) is 0 Å². The number of nitriles is 1. The molecular formula is C81H82F10N18O12S. The molecule has 13 rings (SSSR count). The second kappa shape index (κ2) is 39.3. The molecular weight excluding hydrogens is 1640 g/mol. The maximum Gasteiger partial charge on any atom is 0.423 e. The number of carbonyl (C=O) groups excluding carboxylic acids is 3. The number of methoxy groups -OCH3 is 3. The molecule has 0 bridgehead atoms. The van der Waals surface area contributed by atoms with Crippen LogP contribution in [0.15, 0.2) is 151 Å². The largest absolute Gasteiger partial charge is 0.495 e. The molecule has 0 saturated carbocycles. The summed E-state index contributed by atoms with van der Waals surface area (Å²) < 4.78 is 202. The molecule has 4 aromatic heterocycles. The summed E-state index contributed by atoms with van der Waals surface area (Å²) in [6.45, 7) is 6.80. The lowest BCUT2D eigenvalue weighted by atomic mass is 10.0. The number of sulfonamides is 1. The molecule has 30 nitrogen and oxygen atoms in total. The van der Waals surface area contributed by atoms with Gasteiger partial charge in [0.05, 0.1) is 61.5 Å². The number of nitrogens with zero attached hydrogens (tertiary/aromatic N) is 11. The van der Waals surface area contributed by atoms with Gasteiger partial charge in [0, 0.05) is 65.5 Å². The van der Waals surface area contributed by atoms with Gasteiger partial charge in [0.15, 0.2) is 5.75 Å². The maximum absolute atomic E-state index is 15.0. The van der Waals surface area contributed by atoms with E-state index in [1.165, 1.54) is 88.3 Å². The number of anilines is 7. The van der Waals surface area contributed by atoms with Crippen molar-refractivity contribution in [3.63, 3.8) is 0 Å². The zero-order chi connectivity index (χ0) is 87.8. The number of aromatic nitrogens is 7. The van der Waals surface area contributed by atoms with Crippen LogP contribution < -0.4 is 65.0 Å². The third-order valence-corrected chi connectivity index (χ3v) is 19.9. The molecule has 3 aliphatic rings. The van der Waals surface area contributed by atoms with Gasteiger partial charge in [-0.2, -0.15) is 59.7 Å². The quantitative estimate of drug-likeness (QED) is 0.0276. The number of ether oxygens (including phenoxy) is 6. The monoisotopic (exact) mass is 1720 g/mol. The summed E-state index contributed by atoms with van der Waals surface area (Å²) >= 11 is 0. The summed E-state index contributed by atoms with van der Waals surface area (Å²) in [6.07, 6.45) is -5.72. The average Bonchev–Trinajstić information content (AvgIpc) is 1.07. The third-order valence-electron chi connectivity index (χ3n) is 19.3. The van der Waals surface area contributed by atoms with Crippen LogP contribution in [0.25, 0.3) is 11.3 Å². The number of likely N-dealkylation sites (tertiary alicyclic amines) is 3. The highest BCUT2D eigenvalue weighted by molar-refractivity contribution is 7.92. The minimum absolute atomic E-state index is 0.0326. The first kappa shape index (κ1) is 89.6. The number of nitrogens with one attached hydrogen (secondary N) is 7. The molecule has 644 valence electrons. The second-order valence-electron chi connectivity index (χ2n) is 28.2. The normalized spacial score (nSPS) is 14.5. The maximum atomic E-state index is 15.0. The van der Waals surface area contributed by atoms with Crippen LogP contribution in [0.1, 0.15) is 97.4 Å². The lowest BCUT2D eigenvalue weighted by molar-refractivity contribution is -0.140. The van der Waals surface area contributed by atoms with E-state index in [1.807, 2.05) is 27.2 Å². The molecule has 122 heavy (non-hydrogen) atoms. The molecule has 3 aliphatic heterocycles. The average molecular weight is 1720 g/mol.